The molecule has 2 aromatic heterocycles. The van der Waals surface area contributed by atoms with E-state index in [4.69, 9.17) is 4.98 Å². The molecule has 3 rings (SSSR count). The maximum absolute atomic E-state index is 11.1. The molecule has 0 amide bonds. The molecule has 0 aromatic carbocycles. The van der Waals surface area contributed by atoms with Crippen molar-refractivity contribution >= 4 is 33.8 Å². The van der Waals surface area contributed by atoms with Gasteiger partial charge in [-0.15, -0.1) is 22.7 Å². The molecule has 0 aliphatic heterocycles. The molecule has 4 nitrogen and oxygen atoms in total. The normalized spacial score (nSPS) is 22.2. The summed E-state index contributed by atoms with van der Waals surface area (Å²) in [6.45, 7) is 10.2. The van der Waals surface area contributed by atoms with Gasteiger partial charge in [-0.3, -0.25) is 0 Å². The minimum atomic E-state index is -1.01. The molecule has 0 bridgehead atoms. The summed E-state index contributed by atoms with van der Waals surface area (Å²) < 4.78 is 0. The van der Waals surface area contributed by atoms with Crippen LogP contribution in [0.15, 0.2) is 17.5 Å². The van der Waals surface area contributed by atoms with Gasteiger partial charge in [-0.2, -0.15) is 0 Å². The molecule has 0 N–H and O–H groups in total. The van der Waals surface area contributed by atoms with Crippen LogP contribution in [0.25, 0.3) is 0 Å². The van der Waals surface area contributed by atoms with Crippen molar-refractivity contribution in [3.05, 3.63) is 33.0 Å². The second-order valence-electron chi connectivity index (χ2n) is 8.79. The van der Waals surface area contributed by atoms with E-state index >= 15 is 0 Å². The number of thiophene rings is 1. The molecule has 0 saturated heterocycles. The Balaban J connectivity index is 1.78. The first-order valence-electron chi connectivity index (χ1n) is 10.8. The number of carbonyl (C=O) groups is 1. The molecule has 1 aliphatic rings. The highest BCUT2D eigenvalue weighted by Gasteiger charge is 2.38. The third-order valence-corrected chi connectivity index (χ3v) is 8.53. The first-order chi connectivity index (χ1) is 13.8. The van der Waals surface area contributed by atoms with Crippen LogP contribution < -0.4 is 10.0 Å². The lowest BCUT2D eigenvalue weighted by Crippen LogP contribution is -2.33. The van der Waals surface area contributed by atoms with Crippen molar-refractivity contribution in [2.24, 2.45) is 11.8 Å². The Morgan fingerprint density at radius 3 is 2.62 bits per heavy atom. The summed E-state index contributed by atoms with van der Waals surface area (Å²) >= 11 is 3.41. The predicted molar refractivity (Wildman–Crippen MR) is 121 cm³/mol. The molecular formula is C23H33N2O2S2-. The number of rotatable bonds is 9. The van der Waals surface area contributed by atoms with Crippen molar-refractivity contribution in [2.45, 2.75) is 78.2 Å². The van der Waals surface area contributed by atoms with Crippen molar-refractivity contribution < 1.29 is 9.90 Å². The van der Waals surface area contributed by atoms with E-state index in [-0.39, 0.29) is 11.8 Å². The quantitative estimate of drug-likeness (QED) is 0.548. The zero-order chi connectivity index (χ0) is 21.0. The van der Waals surface area contributed by atoms with Gasteiger partial charge in [-0.25, -0.2) is 4.98 Å². The fourth-order valence-corrected chi connectivity index (χ4v) is 6.41. The van der Waals surface area contributed by atoms with Gasteiger partial charge in [0.05, 0.1) is 12.2 Å². The van der Waals surface area contributed by atoms with Crippen molar-refractivity contribution in [3.8, 4) is 0 Å². The fraction of sp³-hybridized carbons (Fsp3) is 0.652. The lowest BCUT2D eigenvalue weighted by Gasteiger charge is -2.40. The topological polar surface area (TPSA) is 56.3 Å². The van der Waals surface area contributed by atoms with Crippen LogP contribution in [-0.2, 0) is 16.8 Å². The summed E-state index contributed by atoms with van der Waals surface area (Å²) in [5.41, 5.74) is 1.39. The van der Waals surface area contributed by atoms with Crippen LogP contribution in [0.4, 0.5) is 5.13 Å². The van der Waals surface area contributed by atoms with Gasteiger partial charge in [0.1, 0.15) is 0 Å². The minimum Gasteiger partial charge on any atom is -0.550 e. The number of thiazole rings is 1. The van der Waals surface area contributed by atoms with E-state index < -0.39 is 5.97 Å². The first kappa shape index (κ1) is 22.3. The maximum Gasteiger partial charge on any atom is 0.185 e. The van der Waals surface area contributed by atoms with Crippen LogP contribution in [0.5, 0.6) is 0 Å². The predicted octanol–water partition coefficient (Wildman–Crippen LogP) is 5.15. The number of hydrogen-bond donors (Lipinski definition) is 0. The summed E-state index contributed by atoms with van der Waals surface area (Å²) in [5, 5.41) is 14.2. The monoisotopic (exact) mass is 433 g/mol. The molecule has 29 heavy (non-hydrogen) atoms. The lowest BCUT2D eigenvalue weighted by atomic mass is 9.65. The summed E-state index contributed by atoms with van der Waals surface area (Å²) in [7, 11) is 0. The smallest absolute Gasteiger partial charge is 0.185 e. The van der Waals surface area contributed by atoms with E-state index in [0.717, 1.165) is 23.4 Å². The number of hydrogen-bond acceptors (Lipinski definition) is 6. The van der Waals surface area contributed by atoms with Gasteiger partial charge in [-0.1, -0.05) is 20.8 Å². The molecule has 0 spiro atoms. The van der Waals surface area contributed by atoms with Gasteiger partial charge < -0.3 is 14.8 Å². The zero-order valence-electron chi connectivity index (χ0n) is 18.1. The summed E-state index contributed by atoms with van der Waals surface area (Å²) in [6, 6.07) is 4.24. The van der Waals surface area contributed by atoms with Gasteiger partial charge in [0.25, 0.3) is 0 Å². The van der Waals surface area contributed by atoms with Crippen molar-refractivity contribution in [1.82, 2.24) is 4.98 Å². The average molecular weight is 434 g/mol. The van der Waals surface area contributed by atoms with Crippen molar-refractivity contribution in [2.75, 3.05) is 11.4 Å². The third-order valence-electron chi connectivity index (χ3n) is 6.64. The summed E-state index contributed by atoms with van der Waals surface area (Å²) in [5.74, 6) is 0.575. The maximum atomic E-state index is 11.1. The number of carbonyl (C=O) groups excluding carboxylic acids is 1. The average Bonchev–Trinajstić information content (AvgIpc) is 3.34. The van der Waals surface area contributed by atoms with Crippen molar-refractivity contribution in [3.63, 3.8) is 0 Å². The van der Waals surface area contributed by atoms with Gasteiger partial charge in [0.15, 0.2) is 5.13 Å². The van der Waals surface area contributed by atoms with Crippen molar-refractivity contribution in [1.29, 1.82) is 0 Å². The Hall–Kier alpha value is -1.40. The molecule has 160 valence electrons. The highest BCUT2D eigenvalue weighted by atomic mass is 32.1. The number of aromatic nitrogens is 1. The number of carboxylic acid groups (broad SMARTS) is 1. The van der Waals surface area contributed by atoms with E-state index in [0.29, 0.717) is 13.1 Å². The molecule has 2 aromatic rings. The van der Waals surface area contributed by atoms with Gasteiger partial charge in [0.2, 0.25) is 0 Å². The molecule has 1 aliphatic carbocycles. The van der Waals surface area contributed by atoms with Gasteiger partial charge in [-0.05, 0) is 63.0 Å². The summed E-state index contributed by atoms with van der Waals surface area (Å²) in [4.78, 5) is 20.8. The van der Waals surface area contributed by atoms with Gasteiger partial charge >= 0.3 is 0 Å². The Kier molecular flexibility index (Phi) is 7.38. The van der Waals surface area contributed by atoms with Gasteiger partial charge in [0, 0.05) is 39.5 Å². The van der Waals surface area contributed by atoms with Crippen LogP contribution in [0.2, 0.25) is 0 Å². The third kappa shape index (κ3) is 5.40. The Morgan fingerprint density at radius 1 is 1.34 bits per heavy atom. The van der Waals surface area contributed by atoms with Crippen LogP contribution >= 0.6 is 22.7 Å². The highest BCUT2D eigenvalue weighted by molar-refractivity contribution is 7.14. The Bertz CT molecular complexity index is 803. The molecule has 0 atom stereocenters. The molecule has 1 saturated carbocycles. The molecule has 2 heterocycles. The molecule has 0 unspecified atom stereocenters. The second-order valence-corrected chi connectivity index (χ2v) is 11.0. The van der Waals surface area contributed by atoms with Crippen LogP contribution in [-0.4, -0.2) is 17.5 Å². The second kappa shape index (κ2) is 9.61. The number of aryl methyl sites for hydroxylation is 1. The number of aliphatic carboxylic acids is 1. The van der Waals surface area contributed by atoms with E-state index in [1.54, 1.807) is 22.7 Å². The number of anilines is 1. The standard InChI is InChI=1S/C23H34N2O2S2/c1-5-23(11-8-18(9-12-23)16(2)3)20-15-28-22(24-20)25(13-10-21(26)27)14-19-7-6-17(4)29-19/h6-7,15-16,18H,5,8-14H2,1-4H3,(H,26,27)/p-1. The lowest BCUT2D eigenvalue weighted by molar-refractivity contribution is -0.305. The SMILES string of the molecule is CCC1(c2csc(N(CCC(=O)[O-])Cc3ccc(C)s3)n2)CCC(C(C)C)CC1. The molecule has 0 radical (unpaired) electrons. The minimum absolute atomic E-state index is 0.0221. The molecule has 6 heteroatoms. The van der Waals surface area contributed by atoms with Crippen LogP contribution in [0, 0.1) is 18.8 Å². The molecular weight excluding hydrogens is 400 g/mol. The fourth-order valence-electron chi connectivity index (χ4n) is 4.53. The number of carboxylic acids is 1. The van der Waals surface area contributed by atoms with E-state index in [1.807, 2.05) is 0 Å². The van der Waals surface area contributed by atoms with E-state index in [1.165, 1.54) is 41.1 Å². The Morgan fingerprint density at radius 2 is 2.07 bits per heavy atom. The molecule has 1 fully saturated rings. The van der Waals surface area contributed by atoms with E-state index in [2.05, 4.69) is 50.1 Å². The van der Waals surface area contributed by atoms with Crippen LogP contribution in [0.3, 0.4) is 0 Å². The zero-order valence-corrected chi connectivity index (χ0v) is 19.7. The largest absolute Gasteiger partial charge is 0.550 e. The number of nitrogens with zero attached hydrogens (tertiary/aromatic N) is 2. The highest BCUT2D eigenvalue weighted by Crippen LogP contribution is 2.46. The first-order valence-corrected chi connectivity index (χ1v) is 12.5. The summed E-state index contributed by atoms with van der Waals surface area (Å²) in [6.07, 6.45) is 6.11. The van der Waals surface area contributed by atoms with Crippen LogP contribution in [0.1, 0.15) is 74.7 Å². The Labute approximate surface area is 183 Å². The van der Waals surface area contributed by atoms with E-state index in [9.17, 15) is 9.90 Å².